The molecule has 1 aromatic heterocycles. The van der Waals surface area contributed by atoms with E-state index in [4.69, 9.17) is 4.74 Å². The zero-order valence-electron chi connectivity index (χ0n) is 18.5. The summed E-state index contributed by atoms with van der Waals surface area (Å²) in [5, 5.41) is 12.0. The average molecular weight is 414 g/mol. The lowest BCUT2D eigenvalue weighted by molar-refractivity contribution is -0.121. The Labute approximate surface area is 179 Å². The van der Waals surface area contributed by atoms with Crippen molar-refractivity contribution in [2.75, 3.05) is 38.2 Å². The van der Waals surface area contributed by atoms with Gasteiger partial charge in [0.25, 0.3) is 0 Å². The molecule has 164 valence electrons. The predicted octanol–water partition coefficient (Wildman–Crippen LogP) is 2.69. The highest BCUT2D eigenvalue weighted by Crippen LogP contribution is 2.30. The Morgan fingerprint density at radius 3 is 2.73 bits per heavy atom. The number of likely N-dealkylation sites (tertiary alicyclic amines) is 1. The van der Waals surface area contributed by atoms with Gasteiger partial charge in [0, 0.05) is 44.8 Å². The number of rotatable bonds is 8. The molecule has 2 fully saturated rings. The number of ether oxygens (including phenoxy) is 1. The lowest BCUT2D eigenvalue weighted by atomic mass is 9.84. The van der Waals surface area contributed by atoms with E-state index in [1.54, 1.807) is 0 Å². The first-order valence-electron chi connectivity index (χ1n) is 11.3. The van der Waals surface area contributed by atoms with Crippen molar-refractivity contribution in [2.45, 2.75) is 51.6 Å². The van der Waals surface area contributed by atoms with Crippen LogP contribution in [0.3, 0.4) is 0 Å². The van der Waals surface area contributed by atoms with Crippen LogP contribution in [0, 0.1) is 12.8 Å². The second-order valence-corrected chi connectivity index (χ2v) is 8.90. The first-order valence-corrected chi connectivity index (χ1v) is 11.3. The van der Waals surface area contributed by atoms with Crippen LogP contribution in [0.25, 0.3) is 10.9 Å². The Kier molecular flexibility index (Phi) is 6.58. The molecule has 1 aliphatic heterocycles. The maximum Gasteiger partial charge on any atom is 0.239 e. The molecule has 1 saturated heterocycles. The van der Waals surface area contributed by atoms with Crippen molar-refractivity contribution in [3.8, 4) is 0 Å². The molecule has 0 bridgehead atoms. The van der Waals surface area contributed by atoms with Gasteiger partial charge in [-0.1, -0.05) is 11.6 Å². The van der Waals surface area contributed by atoms with E-state index in [9.17, 15) is 4.79 Å². The molecule has 2 aromatic rings. The third-order valence-electron chi connectivity index (χ3n) is 6.59. The largest absolute Gasteiger partial charge is 0.381 e. The fourth-order valence-corrected chi connectivity index (χ4v) is 4.82. The van der Waals surface area contributed by atoms with Gasteiger partial charge in [0.05, 0.1) is 18.1 Å². The lowest BCUT2D eigenvalue weighted by Gasteiger charge is -2.46. The molecule has 1 aliphatic carbocycles. The van der Waals surface area contributed by atoms with E-state index in [0.29, 0.717) is 6.04 Å². The van der Waals surface area contributed by atoms with Gasteiger partial charge in [-0.25, -0.2) is 0 Å². The topological polar surface area (TPSA) is 71.4 Å². The molecule has 1 aromatic carbocycles. The van der Waals surface area contributed by atoms with Crippen molar-refractivity contribution in [3.05, 3.63) is 23.8 Å². The molecule has 2 aliphatic rings. The molecular weight excluding hydrogens is 378 g/mol. The third kappa shape index (κ3) is 4.78. The highest BCUT2D eigenvalue weighted by atomic mass is 16.5. The summed E-state index contributed by atoms with van der Waals surface area (Å²) in [7, 11) is 1.93. The molecular formula is C23H35N5O2. The Morgan fingerprint density at radius 2 is 2.00 bits per heavy atom. The van der Waals surface area contributed by atoms with Gasteiger partial charge in [-0.05, 0) is 57.6 Å². The SMILES string of the molecule is CCOCC1CCC(N2CC(NC(=O)CNc3nn(C)c4ccc(C)cc34)C2)CC1. The predicted molar refractivity (Wildman–Crippen MR) is 120 cm³/mol. The van der Waals surface area contributed by atoms with E-state index in [-0.39, 0.29) is 18.5 Å². The number of benzene rings is 1. The first kappa shape index (κ1) is 21.1. The summed E-state index contributed by atoms with van der Waals surface area (Å²) in [5.74, 6) is 1.53. The Balaban J connectivity index is 1.18. The van der Waals surface area contributed by atoms with Gasteiger partial charge in [-0.2, -0.15) is 5.10 Å². The van der Waals surface area contributed by atoms with Gasteiger partial charge in [0.15, 0.2) is 5.82 Å². The molecule has 0 unspecified atom stereocenters. The molecule has 30 heavy (non-hydrogen) atoms. The van der Waals surface area contributed by atoms with Gasteiger partial charge < -0.3 is 15.4 Å². The molecule has 7 nitrogen and oxygen atoms in total. The number of nitrogens with zero attached hydrogens (tertiary/aromatic N) is 3. The first-order chi connectivity index (χ1) is 14.5. The Bertz CT molecular complexity index is 866. The van der Waals surface area contributed by atoms with Crippen LogP contribution in [-0.2, 0) is 16.6 Å². The van der Waals surface area contributed by atoms with E-state index >= 15 is 0 Å². The third-order valence-corrected chi connectivity index (χ3v) is 6.59. The zero-order chi connectivity index (χ0) is 21.1. The summed E-state index contributed by atoms with van der Waals surface area (Å²) in [6.07, 6.45) is 5.04. The number of anilines is 1. The van der Waals surface area contributed by atoms with Gasteiger partial charge in [0.1, 0.15) is 0 Å². The average Bonchev–Trinajstić information content (AvgIpc) is 3.02. The maximum absolute atomic E-state index is 12.4. The van der Waals surface area contributed by atoms with Crippen LogP contribution < -0.4 is 10.6 Å². The number of fused-ring (bicyclic) bond motifs is 1. The van der Waals surface area contributed by atoms with Crippen molar-refractivity contribution >= 4 is 22.6 Å². The number of nitrogens with one attached hydrogen (secondary N) is 2. The Morgan fingerprint density at radius 1 is 1.23 bits per heavy atom. The van der Waals surface area contributed by atoms with Crippen molar-refractivity contribution in [2.24, 2.45) is 13.0 Å². The van der Waals surface area contributed by atoms with Gasteiger partial charge in [-0.15, -0.1) is 0 Å². The highest BCUT2D eigenvalue weighted by molar-refractivity contribution is 5.92. The standard InChI is InChI=1S/C23H35N5O2/c1-4-30-15-17-6-8-19(9-7-17)28-13-18(14-28)25-22(29)12-24-23-20-11-16(2)5-10-21(20)27(3)26-23/h5,10-11,17-19H,4,6-9,12-15H2,1-3H3,(H,24,26)(H,25,29). The minimum absolute atomic E-state index is 0.0338. The summed E-state index contributed by atoms with van der Waals surface area (Å²) in [4.78, 5) is 14.9. The fraction of sp³-hybridized carbons (Fsp3) is 0.652. The van der Waals surface area contributed by atoms with E-state index in [1.165, 1.54) is 31.2 Å². The zero-order valence-corrected chi connectivity index (χ0v) is 18.5. The van der Waals surface area contributed by atoms with Crippen LogP contribution >= 0.6 is 0 Å². The van der Waals surface area contributed by atoms with Crippen LogP contribution in [0.2, 0.25) is 0 Å². The van der Waals surface area contributed by atoms with Gasteiger partial charge in [-0.3, -0.25) is 14.4 Å². The second-order valence-electron chi connectivity index (χ2n) is 8.90. The van der Waals surface area contributed by atoms with Gasteiger partial charge in [0.2, 0.25) is 5.91 Å². The van der Waals surface area contributed by atoms with E-state index < -0.39 is 0 Å². The van der Waals surface area contributed by atoms with E-state index in [0.717, 1.165) is 48.9 Å². The van der Waals surface area contributed by atoms with Crippen LogP contribution in [0.15, 0.2) is 18.2 Å². The quantitative estimate of drug-likeness (QED) is 0.696. The molecule has 2 heterocycles. The minimum atomic E-state index is 0.0338. The molecule has 7 heteroatoms. The van der Waals surface area contributed by atoms with Crippen molar-refractivity contribution in [1.82, 2.24) is 20.0 Å². The molecule has 0 radical (unpaired) electrons. The summed E-state index contributed by atoms with van der Waals surface area (Å²) >= 11 is 0. The second kappa shape index (κ2) is 9.35. The summed E-state index contributed by atoms with van der Waals surface area (Å²) in [6.45, 7) is 8.06. The smallest absolute Gasteiger partial charge is 0.239 e. The molecule has 4 rings (SSSR count). The number of carbonyl (C=O) groups is 1. The van der Waals surface area contributed by atoms with E-state index in [2.05, 4.69) is 52.7 Å². The van der Waals surface area contributed by atoms with E-state index in [1.807, 2.05) is 11.7 Å². The van der Waals surface area contributed by atoms with Crippen LogP contribution in [-0.4, -0.2) is 65.5 Å². The van der Waals surface area contributed by atoms with Crippen molar-refractivity contribution in [1.29, 1.82) is 0 Å². The fourth-order valence-electron chi connectivity index (χ4n) is 4.82. The Hall–Kier alpha value is -2.12. The number of hydrogen-bond acceptors (Lipinski definition) is 5. The number of aromatic nitrogens is 2. The maximum atomic E-state index is 12.4. The van der Waals surface area contributed by atoms with Crippen LogP contribution in [0.4, 0.5) is 5.82 Å². The molecule has 1 saturated carbocycles. The summed E-state index contributed by atoms with van der Waals surface area (Å²) < 4.78 is 7.43. The van der Waals surface area contributed by atoms with Crippen molar-refractivity contribution in [3.63, 3.8) is 0 Å². The normalized spacial score (nSPS) is 22.8. The summed E-state index contributed by atoms with van der Waals surface area (Å²) in [5.41, 5.74) is 2.25. The monoisotopic (exact) mass is 413 g/mol. The summed E-state index contributed by atoms with van der Waals surface area (Å²) in [6, 6.07) is 7.19. The number of carbonyl (C=O) groups excluding carboxylic acids is 1. The molecule has 2 N–H and O–H groups in total. The number of aryl methyl sites for hydroxylation is 2. The lowest BCUT2D eigenvalue weighted by Crippen LogP contribution is -2.63. The number of hydrogen-bond donors (Lipinski definition) is 2. The van der Waals surface area contributed by atoms with Crippen molar-refractivity contribution < 1.29 is 9.53 Å². The van der Waals surface area contributed by atoms with Crippen LogP contribution in [0.1, 0.15) is 38.2 Å². The van der Waals surface area contributed by atoms with Crippen LogP contribution in [0.5, 0.6) is 0 Å². The van der Waals surface area contributed by atoms with Gasteiger partial charge >= 0.3 is 0 Å². The number of amides is 1. The highest BCUT2D eigenvalue weighted by Gasteiger charge is 2.35. The molecule has 0 atom stereocenters. The molecule has 1 amide bonds. The minimum Gasteiger partial charge on any atom is -0.381 e. The molecule has 0 spiro atoms.